The van der Waals surface area contributed by atoms with Crippen LogP contribution in [0.5, 0.6) is 0 Å². The van der Waals surface area contributed by atoms with Gasteiger partial charge in [0.05, 0.1) is 0 Å². The maximum atomic E-state index is 12.9. The maximum Gasteiger partial charge on any atom is 0.306 e. The highest BCUT2D eigenvalue weighted by Gasteiger charge is 2.19. The number of carbonyl (C=O) groups is 3. The molecule has 0 fully saturated rings. The Hall–Kier alpha value is -2.11. The lowest BCUT2D eigenvalue weighted by atomic mass is 10.0. The average Bonchev–Trinajstić information content (AvgIpc) is 3.41. The Morgan fingerprint density at radius 2 is 0.453 bits per heavy atom. The zero-order chi connectivity index (χ0) is 54.3. The summed E-state index contributed by atoms with van der Waals surface area (Å²) in [5, 5.41) is 0. The largest absolute Gasteiger partial charge is 0.462 e. The summed E-state index contributed by atoms with van der Waals surface area (Å²) in [7, 11) is 0. The van der Waals surface area contributed by atoms with Gasteiger partial charge >= 0.3 is 17.9 Å². The smallest absolute Gasteiger partial charge is 0.306 e. The fraction of sp³-hybridized carbons (Fsp3) is 0.899. The number of hydrogen-bond donors (Lipinski definition) is 0. The van der Waals surface area contributed by atoms with Gasteiger partial charge in [0.15, 0.2) is 6.10 Å². The van der Waals surface area contributed by atoms with Crippen LogP contribution in [0.1, 0.15) is 380 Å². The molecule has 1 unspecified atom stereocenters. The normalized spacial score (nSPS) is 12.1. The number of hydrogen-bond acceptors (Lipinski definition) is 6. The van der Waals surface area contributed by atoms with Crippen molar-refractivity contribution in [1.29, 1.82) is 0 Å². The van der Waals surface area contributed by atoms with Crippen LogP contribution in [0.15, 0.2) is 24.3 Å². The zero-order valence-electron chi connectivity index (χ0n) is 50.8. The number of esters is 3. The molecule has 442 valence electrons. The summed E-state index contributed by atoms with van der Waals surface area (Å²) in [4.78, 5) is 38.3. The Kier molecular flexibility index (Phi) is 62.6. The first-order chi connectivity index (χ1) is 37.0. The molecule has 0 N–H and O–H groups in total. The third-order valence-electron chi connectivity index (χ3n) is 15.4. The van der Waals surface area contributed by atoms with Crippen LogP contribution in [0, 0.1) is 0 Å². The molecule has 0 aromatic heterocycles. The van der Waals surface area contributed by atoms with E-state index in [-0.39, 0.29) is 31.1 Å². The first kappa shape index (κ1) is 72.9. The summed E-state index contributed by atoms with van der Waals surface area (Å²) in [6.45, 7) is 6.66. The van der Waals surface area contributed by atoms with E-state index in [2.05, 4.69) is 45.1 Å². The molecule has 0 aromatic rings. The number of ether oxygens (including phenoxy) is 3. The molecule has 75 heavy (non-hydrogen) atoms. The second kappa shape index (κ2) is 64.4. The monoisotopic (exact) mass is 1050 g/mol. The minimum absolute atomic E-state index is 0.0697. The number of rotatable bonds is 63. The van der Waals surface area contributed by atoms with Crippen molar-refractivity contribution in [2.75, 3.05) is 13.2 Å². The van der Waals surface area contributed by atoms with E-state index in [4.69, 9.17) is 14.2 Å². The first-order valence-electron chi connectivity index (χ1n) is 33.8. The van der Waals surface area contributed by atoms with Gasteiger partial charge in [0.2, 0.25) is 0 Å². The van der Waals surface area contributed by atoms with E-state index >= 15 is 0 Å². The highest BCUT2D eigenvalue weighted by molar-refractivity contribution is 5.71. The number of carbonyl (C=O) groups excluding carboxylic acids is 3. The molecule has 6 heteroatoms. The van der Waals surface area contributed by atoms with Gasteiger partial charge in [-0.05, 0) is 64.2 Å². The second-order valence-corrected chi connectivity index (χ2v) is 23.1. The van der Waals surface area contributed by atoms with Gasteiger partial charge in [0.25, 0.3) is 0 Å². The van der Waals surface area contributed by atoms with E-state index in [1.165, 1.54) is 276 Å². The van der Waals surface area contributed by atoms with Crippen molar-refractivity contribution < 1.29 is 28.6 Å². The Labute approximate surface area is 468 Å². The second-order valence-electron chi connectivity index (χ2n) is 23.1. The van der Waals surface area contributed by atoms with E-state index in [1.54, 1.807) is 0 Å². The van der Waals surface area contributed by atoms with Crippen LogP contribution in [0.2, 0.25) is 0 Å². The van der Waals surface area contributed by atoms with E-state index in [9.17, 15) is 14.4 Å². The highest BCUT2D eigenvalue weighted by atomic mass is 16.6. The molecule has 0 saturated heterocycles. The summed E-state index contributed by atoms with van der Waals surface area (Å²) >= 11 is 0. The minimum atomic E-state index is -0.773. The zero-order valence-corrected chi connectivity index (χ0v) is 50.8. The van der Waals surface area contributed by atoms with E-state index in [0.29, 0.717) is 19.3 Å². The van der Waals surface area contributed by atoms with Crippen LogP contribution in [0.25, 0.3) is 0 Å². The van der Waals surface area contributed by atoms with Gasteiger partial charge < -0.3 is 14.2 Å². The van der Waals surface area contributed by atoms with Gasteiger partial charge in [-0.15, -0.1) is 0 Å². The maximum absolute atomic E-state index is 12.9. The Morgan fingerprint density at radius 3 is 0.707 bits per heavy atom. The van der Waals surface area contributed by atoms with Crippen LogP contribution in [0.3, 0.4) is 0 Å². The summed E-state index contributed by atoms with van der Waals surface area (Å²) in [6, 6.07) is 0. The third kappa shape index (κ3) is 62.6. The number of unbranched alkanes of at least 4 members (excludes halogenated alkanes) is 48. The molecule has 0 aliphatic heterocycles. The summed E-state index contributed by atoms with van der Waals surface area (Å²) in [5.74, 6) is -0.855. The molecule has 0 spiro atoms. The van der Waals surface area contributed by atoms with Gasteiger partial charge in [-0.3, -0.25) is 14.4 Å². The van der Waals surface area contributed by atoms with Crippen LogP contribution in [-0.2, 0) is 28.6 Å². The lowest BCUT2D eigenvalue weighted by molar-refractivity contribution is -0.167. The first-order valence-corrected chi connectivity index (χ1v) is 33.8. The lowest BCUT2D eigenvalue weighted by Crippen LogP contribution is -2.30. The van der Waals surface area contributed by atoms with Crippen molar-refractivity contribution in [3.63, 3.8) is 0 Å². The van der Waals surface area contributed by atoms with Gasteiger partial charge in [-0.25, -0.2) is 0 Å². The van der Waals surface area contributed by atoms with Crippen molar-refractivity contribution in [1.82, 2.24) is 0 Å². The van der Waals surface area contributed by atoms with E-state index < -0.39 is 6.10 Å². The quantitative estimate of drug-likeness (QED) is 0.0261. The van der Waals surface area contributed by atoms with Gasteiger partial charge in [-0.1, -0.05) is 321 Å². The number of allylic oxidation sites excluding steroid dienone is 4. The molecule has 0 amide bonds. The molecule has 0 aliphatic carbocycles. The lowest BCUT2D eigenvalue weighted by Gasteiger charge is -2.18. The summed E-state index contributed by atoms with van der Waals surface area (Å²) in [5.41, 5.74) is 0. The molecule has 0 heterocycles. The topological polar surface area (TPSA) is 78.9 Å². The van der Waals surface area contributed by atoms with Crippen LogP contribution in [-0.4, -0.2) is 37.2 Å². The fourth-order valence-corrected chi connectivity index (χ4v) is 10.3. The Balaban J connectivity index is 4.18. The summed E-state index contributed by atoms with van der Waals surface area (Å²) in [6.07, 6.45) is 77.8. The van der Waals surface area contributed by atoms with Crippen LogP contribution < -0.4 is 0 Å². The highest BCUT2D eigenvalue weighted by Crippen LogP contribution is 2.18. The van der Waals surface area contributed by atoms with Gasteiger partial charge in [0, 0.05) is 19.3 Å². The third-order valence-corrected chi connectivity index (χ3v) is 15.4. The van der Waals surface area contributed by atoms with Crippen LogP contribution >= 0.6 is 0 Å². The Morgan fingerprint density at radius 1 is 0.253 bits per heavy atom. The molecule has 0 aromatic carbocycles. The summed E-state index contributed by atoms with van der Waals surface area (Å²) < 4.78 is 16.9. The standard InChI is InChI=1S/C69H130O6/c1-4-7-10-13-16-19-22-24-26-28-30-32-33-34-35-37-38-40-42-44-47-50-53-56-59-62-68(71)74-65-66(64-73-67(70)61-58-55-52-49-46-21-18-15-12-9-6-3)75-69(72)63-60-57-54-51-48-45-43-41-39-36-31-29-27-25-23-20-17-14-11-8-5-2/h15,18,29,31,66H,4-14,16-17,19-28,30,32-65H2,1-3H3/b18-15-,31-29-. The molecule has 0 aliphatic rings. The van der Waals surface area contributed by atoms with Crippen molar-refractivity contribution >= 4 is 17.9 Å². The predicted molar refractivity (Wildman–Crippen MR) is 326 cm³/mol. The van der Waals surface area contributed by atoms with E-state index in [0.717, 1.165) is 64.2 Å². The van der Waals surface area contributed by atoms with Crippen molar-refractivity contribution in [3.05, 3.63) is 24.3 Å². The van der Waals surface area contributed by atoms with Crippen molar-refractivity contribution in [2.24, 2.45) is 0 Å². The Bertz CT molecular complexity index is 1210. The molecule has 0 rings (SSSR count). The molecule has 0 radical (unpaired) electrons. The predicted octanol–water partition coefficient (Wildman–Crippen LogP) is 23.0. The molecular weight excluding hydrogens is 925 g/mol. The van der Waals surface area contributed by atoms with Crippen molar-refractivity contribution in [3.8, 4) is 0 Å². The molecule has 0 bridgehead atoms. The average molecular weight is 1060 g/mol. The fourth-order valence-electron chi connectivity index (χ4n) is 10.3. The van der Waals surface area contributed by atoms with Gasteiger partial charge in [-0.2, -0.15) is 0 Å². The van der Waals surface area contributed by atoms with E-state index in [1.807, 2.05) is 0 Å². The molecular formula is C69H130O6. The van der Waals surface area contributed by atoms with Crippen molar-refractivity contribution in [2.45, 2.75) is 386 Å². The SMILES string of the molecule is CCCC/C=C\CCCCCCCC(=O)OCC(COC(=O)CCCCCCCCCCCCCCCCCCCCCCCCCCC)OC(=O)CCCCCCCCCCC/C=C\CCCCCCCCCC. The molecule has 1 atom stereocenters. The molecule has 0 saturated carbocycles. The van der Waals surface area contributed by atoms with Gasteiger partial charge in [0.1, 0.15) is 13.2 Å². The minimum Gasteiger partial charge on any atom is -0.462 e. The van der Waals surface area contributed by atoms with Crippen LogP contribution in [0.4, 0.5) is 0 Å². The molecule has 6 nitrogen and oxygen atoms in total.